The molecule has 2 unspecified atom stereocenters. The van der Waals surface area contributed by atoms with Crippen LogP contribution in [0.15, 0.2) is 48.5 Å². The molecule has 0 fully saturated rings. The van der Waals surface area contributed by atoms with Gasteiger partial charge in [0.2, 0.25) is 0 Å². The highest BCUT2D eigenvalue weighted by atomic mass is 32.2. The van der Waals surface area contributed by atoms with Gasteiger partial charge in [-0.25, -0.2) is 0 Å². The monoisotopic (exact) mass is 309 g/mol. The fraction of sp³-hybridized carbons (Fsp3) is 0.263. The fourth-order valence-corrected chi connectivity index (χ4v) is 4.52. The van der Waals surface area contributed by atoms with Gasteiger partial charge in [-0.2, -0.15) is 0 Å². The molecule has 0 spiro atoms. The normalized spacial score (nSPS) is 19.2. The zero-order chi connectivity index (χ0) is 15.1. The van der Waals surface area contributed by atoms with Gasteiger partial charge in [0.1, 0.15) is 0 Å². The zero-order valence-corrected chi connectivity index (χ0v) is 13.1. The Morgan fingerprint density at radius 3 is 2.68 bits per heavy atom. The highest BCUT2D eigenvalue weighted by Crippen LogP contribution is 2.38. The summed E-state index contributed by atoms with van der Waals surface area (Å²) in [6.45, 7) is 0. The predicted molar refractivity (Wildman–Crippen MR) is 90.9 cm³/mol. The summed E-state index contributed by atoms with van der Waals surface area (Å²) < 4.78 is 22.2. The van der Waals surface area contributed by atoms with E-state index in [-0.39, 0.29) is 11.7 Å². The summed E-state index contributed by atoms with van der Waals surface area (Å²) in [4.78, 5) is 0. The SMILES string of the molecule is O=S([O-])CC1CCCc2c1ccc1c2ccc2ccccc21. The number of aryl methyl sites for hydroxylation is 1. The summed E-state index contributed by atoms with van der Waals surface area (Å²) in [6, 6.07) is 17.1. The van der Waals surface area contributed by atoms with Crippen LogP contribution in [0, 0.1) is 0 Å². The van der Waals surface area contributed by atoms with Gasteiger partial charge in [0, 0.05) is 5.75 Å². The van der Waals surface area contributed by atoms with Gasteiger partial charge in [0.05, 0.1) is 0 Å². The summed E-state index contributed by atoms with van der Waals surface area (Å²) in [6.07, 6.45) is 3.09. The molecule has 0 heterocycles. The highest BCUT2D eigenvalue weighted by molar-refractivity contribution is 7.79. The van der Waals surface area contributed by atoms with Crippen molar-refractivity contribution in [3.63, 3.8) is 0 Å². The molecule has 0 N–H and O–H groups in total. The van der Waals surface area contributed by atoms with Crippen LogP contribution >= 0.6 is 0 Å². The van der Waals surface area contributed by atoms with Crippen molar-refractivity contribution in [3.05, 3.63) is 59.7 Å². The van der Waals surface area contributed by atoms with Crippen LogP contribution in [0.4, 0.5) is 0 Å². The molecule has 0 aromatic heterocycles. The number of hydrogen-bond acceptors (Lipinski definition) is 2. The van der Waals surface area contributed by atoms with Crippen LogP contribution in [-0.2, 0) is 17.5 Å². The van der Waals surface area contributed by atoms with E-state index in [1.165, 1.54) is 32.7 Å². The Morgan fingerprint density at radius 1 is 1.00 bits per heavy atom. The Hall–Kier alpha value is -1.71. The molecule has 0 radical (unpaired) electrons. The molecule has 2 atom stereocenters. The molecule has 1 aliphatic rings. The zero-order valence-electron chi connectivity index (χ0n) is 12.2. The van der Waals surface area contributed by atoms with Crippen molar-refractivity contribution in [3.8, 4) is 0 Å². The average Bonchev–Trinajstić information content (AvgIpc) is 2.54. The standard InChI is InChI=1S/C19H18O2S/c20-22(21)12-14-5-3-7-17-16(14)10-11-18-15-6-2-1-4-13(15)8-9-19(17)18/h1-2,4,6,8-11,14H,3,5,7,12H2,(H,20,21)/p-1. The van der Waals surface area contributed by atoms with E-state index >= 15 is 0 Å². The maximum absolute atomic E-state index is 11.1. The van der Waals surface area contributed by atoms with Crippen LogP contribution in [0.3, 0.4) is 0 Å². The second-order valence-electron chi connectivity index (χ2n) is 6.07. The molecule has 2 nitrogen and oxygen atoms in total. The lowest BCUT2D eigenvalue weighted by Crippen LogP contribution is -2.16. The Balaban J connectivity index is 1.96. The molecule has 1 aliphatic carbocycles. The van der Waals surface area contributed by atoms with Gasteiger partial charge in [-0.05, 0) is 57.9 Å². The number of benzene rings is 3. The highest BCUT2D eigenvalue weighted by Gasteiger charge is 2.22. The average molecular weight is 309 g/mol. The van der Waals surface area contributed by atoms with E-state index in [4.69, 9.17) is 0 Å². The third kappa shape index (κ3) is 2.25. The number of fused-ring (bicyclic) bond motifs is 5. The van der Waals surface area contributed by atoms with Crippen molar-refractivity contribution in [2.45, 2.75) is 25.2 Å². The van der Waals surface area contributed by atoms with Crippen molar-refractivity contribution >= 4 is 32.6 Å². The lowest BCUT2D eigenvalue weighted by atomic mass is 9.81. The van der Waals surface area contributed by atoms with Crippen molar-refractivity contribution in [2.24, 2.45) is 0 Å². The van der Waals surface area contributed by atoms with Crippen LogP contribution < -0.4 is 0 Å². The van der Waals surface area contributed by atoms with Crippen molar-refractivity contribution in [1.29, 1.82) is 0 Å². The van der Waals surface area contributed by atoms with Crippen LogP contribution in [0.1, 0.15) is 29.9 Å². The summed E-state index contributed by atoms with van der Waals surface area (Å²) in [5.41, 5.74) is 2.59. The minimum atomic E-state index is -1.98. The Labute approximate surface area is 132 Å². The first-order valence-electron chi connectivity index (χ1n) is 7.73. The van der Waals surface area contributed by atoms with E-state index in [0.29, 0.717) is 0 Å². The Morgan fingerprint density at radius 2 is 1.82 bits per heavy atom. The first-order chi connectivity index (χ1) is 10.7. The lowest BCUT2D eigenvalue weighted by Gasteiger charge is -2.27. The predicted octanol–water partition coefficient (Wildman–Crippen LogP) is 4.29. The largest absolute Gasteiger partial charge is 0.772 e. The first kappa shape index (κ1) is 13.9. The van der Waals surface area contributed by atoms with E-state index in [1.54, 1.807) is 0 Å². The van der Waals surface area contributed by atoms with Crippen molar-refractivity contribution in [2.75, 3.05) is 5.75 Å². The summed E-state index contributed by atoms with van der Waals surface area (Å²) in [7, 11) is 0. The van der Waals surface area contributed by atoms with Gasteiger partial charge in [-0.15, -0.1) is 0 Å². The maximum atomic E-state index is 11.1. The summed E-state index contributed by atoms with van der Waals surface area (Å²) in [5, 5.41) is 5.10. The summed E-state index contributed by atoms with van der Waals surface area (Å²) >= 11 is -1.98. The molecule has 0 saturated heterocycles. The van der Waals surface area contributed by atoms with Gasteiger partial charge in [-0.1, -0.05) is 59.6 Å². The van der Waals surface area contributed by atoms with Gasteiger partial charge in [-0.3, -0.25) is 4.21 Å². The molecular weight excluding hydrogens is 292 g/mol. The van der Waals surface area contributed by atoms with Crippen molar-refractivity contribution < 1.29 is 8.76 Å². The molecule has 3 heteroatoms. The first-order valence-corrected chi connectivity index (χ1v) is 8.97. The van der Waals surface area contributed by atoms with E-state index in [2.05, 4.69) is 48.5 Å². The van der Waals surface area contributed by atoms with Crippen LogP contribution in [0.25, 0.3) is 21.5 Å². The molecule has 3 aromatic carbocycles. The second kappa shape index (κ2) is 5.49. The quantitative estimate of drug-likeness (QED) is 0.523. The minimum absolute atomic E-state index is 0.151. The Kier molecular flexibility index (Phi) is 3.47. The Bertz CT molecular complexity index is 885. The van der Waals surface area contributed by atoms with Gasteiger partial charge < -0.3 is 4.55 Å². The second-order valence-corrected chi connectivity index (χ2v) is 7.02. The van der Waals surface area contributed by atoms with Crippen molar-refractivity contribution in [1.82, 2.24) is 0 Å². The van der Waals surface area contributed by atoms with E-state index in [0.717, 1.165) is 19.3 Å². The van der Waals surface area contributed by atoms with Gasteiger partial charge >= 0.3 is 0 Å². The molecular formula is C19H17O2S-. The van der Waals surface area contributed by atoms with Gasteiger partial charge in [0.15, 0.2) is 0 Å². The molecule has 0 aliphatic heterocycles. The van der Waals surface area contributed by atoms with Gasteiger partial charge in [0.25, 0.3) is 0 Å². The molecule has 0 amide bonds. The smallest absolute Gasteiger partial charge is 0.0171 e. The number of hydrogen-bond donors (Lipinski definition) is 0. The third-order valence-electron chi connectivity index (χ3n) is 4.83. The number of rotatable bonds is 2. The van der Waals surface area contributed by atoms with E-state index < -0.39 is 11.1 Å². The van der Waals surface area contributed by atoms with E-state index in [9.17, 15) is 8.76 Å². The summed E-state index contributed by atoms with van der Waals surface area (Å²) in [5.74, 6) is 0.393. The van der Waals surface area contributed by atoms with Crippen LogP contribution in [0.5, 0.6) is 0 Å². The van der Waals surface area contributed by atoms with Crippen LogP contribution in [0.2, 0.25) is 0 Å². The topological polar surface area (TPSA) is 40.1 Å². The molecule has 112 valence electrons. The third-order valence-corrected chi connectivity index (χ3v) is 5.50. The molecule has 22 heavy (non-hydrogen) atoms. The fourth-order valence-electron chi connectivity index (χ4n) is 3.85. The molecule has 4 rings (SSSR count). The molecule has 3 aromatic rings. The maximum Gasteiger partial charge on any atom is 0.0171 e. The molecule has 0 bridgehead atoms. The lowest BCUT2D eigenvalue weighted by molar-refractivity contribution is 0.518. The van der Waals surface area contributed by atoms with Crippen LogP contribution in [-0.4, -0.2) is 14.5 Å². The van der Waals surface area contributed by atoms with E-state index in [1.807, 2.05) is 0 Å². The molecule has 0 saturated carbocycles. The minimum Gasteiger partial charge on any atom is -0.772 e.